The number of benzene rings is 2. The van der Waals surface area contributed by atoms with Gasteiger partial charge in [0.25, 0.3) is 0 Å². The van der Waals surface area contributed by atoms with Gasteiger partial charge in [-0.2, -0.15) is 0 Å². The average Bonchev–Trinajstić information content (AvgIpc) is 2.41. The van der Waals surface area contributed by atoms with E-state index in [2.05, 4.69) is 55.6 Å². The number of anilines is 1. The van der Waals surface area contributed by atoms with Crippen LogP contribution in [0.1, 0.15) is 34.8 Å². The van der Waals surface area contributed by atoms with E-state index in [1.165, 1.54) is 11.1 Å². The highest BCUT2D eigenvalue weighted by atomic mass is 16.3. The lowest BCUT2D eigenvalue weighted by Crippen LogP contribution is -2.09. The second-order valence-corrected chi connectivity index (χ2v) is 5.46. The fourth-order valence-electron chi connectivity index (χ4n) is 2.38. The van der Waals surface area contributed by atoms with Crippen molar-refractivity contribution in [2.45, 2.75) is 33.3 Å². The summed E-state index contributed by atoms with van der Waals surface area (Å²) >= 11 is 0. The monoisotopic (exact) mass is 269 g/mol. The van der Waals surface area contributed by atoms with Crippen molar-refractivity contribution in [2.75, 3.05) is 11.9 Å². The maximum absolute atomic E-state index is 10.3. The number of nitrogens with one attached hydrogen (secondary N) is 1. The Bertz CT molecular complexity index is 577. The van der Waals surface area contributed by atoms with E-state index in [-0.39, 0.29) is 0 Å². The van der Waals surface area contributed by atoms with E-state index < -0.39 is 6.10 Å². The van der Waals surface area contributed by atoms with Gasteiger partial charge in [0.05, 0.1) is 6.10 Å². The van der Waals surface area contributed by atoms with Crippen LogP contribution in [0.5, 0.6) is 0 Å². The molecule has 0 bridgehead atoms. The first-order chi connectivity index (χ1) is 9.56. The van der Waals surface area contributed by atoms with Crippen molar-refractivity contribution < 1.29 is 5.11 Å². The maximum Gasteiger partial charge on any atom is 0.0809 e. The highest BCUT2D eigenvalue weighted by Crippen LogP contribution is 2.22. The van der Waals surface area contributed by atoms with Gasteiger partial charge in [0.1, 0.15) is 0 Å². The minimum absolute atomic E-state index is 0.410. The summed E-state index contributed by atoms with van der Waals surface area (Å²) in [5.74, 6) is 0. The van der Waals surface area contributed by atoms with Gasteiger partial charge in [0, 0.05) is 12.2 Å². The Kier molecular flexibility index (Phi) is 4.80. The Morgan fingerprint density at radius 3 is 2.50 bits per heavy atom. The summed E-state index contributed by atoms with van der Waals surface area (Å²) < 4.78 is 0. The van der Waals surface area contributed by atoms with Crippen molar-refractivity contribution in [3.05, 3.63) is 64.7 Å². The van der Waals surface area contributed by atoms with E-state index in [4.69, 9.17) is 0 Å². The largest absolute Gasteiger partial charge is 0.388 e. The number of rotatable bonds is 5. The number of aliphatic hydroxyl groups excluding tert-OH is 1. The number of hydrogen-bond donors (Lipinski definition) is 2. The Labute approximate surface area is 121 Å². The lowest BCUT2D eigenvalue weighted by Gasteiger charge is -2.15. The topological polar surface area (TPSA) is 32.3 Å². The lowest BCUT2D eigenvalue weighted by atomic mass is 9.99. The van der Waals surface area contributed by atoms with Crippen LogP contribution in [0.15, 0.2) is 42.5 Å². The Hall–Kier alpha value is -1.80. The lowest BCUT2D eigenvalue weighted by molar-refractivity contribution is 0.171. The van der Waals surface area contributed by atoms with Gasteiger partial charge in [0.15, 0.2) is 0 Å². The van der Waals surface area contributed by atoms with E-state index in [1.807, 2.05) is 13.0 Å². The normalized spacial score (nSPS) is 12.2. The van der Waals surface area contributed by atoms with Crippen LogP contribution in [-0.2, 0) is 0 Å². The molecule has 2 rings (SSSR count). The van der Waals surface area contributed by atoms with Gasteiger partial charge in [-0.25, -0.2) is 0 Å². The molecule has 2 nitrogen and oxygen atoms in total. The summed E-state index contributed by atoms with van der Waals surface area (Å²) in [6.45, 7) is 6.95. The maximum atomic E-state index is 10.3. The fourth-order valence-corrected chi connectivity index (χ4v) is 2.38. The molecule has 1 unspecified atom stereocenters. The number of aliphatic hydroxyl groups is 1. The minimum atomic E-state index is -0.410. The molecule has 0 fully saturated rings. The van der Waals surface area contributed by atoms with E-state index in [9.17, 15) is 5.11 Å². The second-order valence-electron chi connectivity index (χ2n) is 5.46. The van der Waals surface area contributed by atoms with E-state index in [0.29, 0.717) is 6.42 Å². The predicted molar refractivity (Wildman–Crippen MR) is 85.2 cm³/mol. The molecule has 1 atom stereocenters. The van der Waals surface area contributed by atoms with Crippen molar-refractivity contribution >= 4 is 5.69 Å². The molecule has 0 spiro atoms. The molecular formula is C18H23NO. The zero-order chi connectivity index (χ0) is 14.5. The first kappa shape index (κ1) is 14.6. The molecule has 106 valence electrons. The van der Waals surface area contributed by atoms with Crippen molar-refractivity contribution in [3.63, 3.8) is 0 Å². The van der Waals surface area contributed by atoms with Crippen LogP contribution in [0.2, 0.25) is 0 Å². The molecule has 0 saturated heterocycles. The van der Waals surface area contributed by atoms with Crippen molar-refractivity contribution in [3.8, 4) is 0 Å². The third-order valence-electron chi connectivity index (χ3n) is 3.56. The smallest absolute Gasteiger partial charge is 0.0809 e. The standard InChI is InChI=1S/C18H23NO/c1-13-5-4-6-16(11-13)19-10-9-18(20)17-12-14(2)7-8-15(17)3/h4-8,11-12,18-20H,9-10H2,1-3H3. The molecule has 2 aromatic rings. The summed E-state index contributed by atoms with van der Waals surface area (Å²) in [6, 6.07) is 14.5. The zero-order valence-electron chi connectivity index (χ0n) is 12.5. The van der Waals surface area contributed by atoms with E-state index >= 15 is 0 Å². The fraction of sp³-hybridized carbons (Fsp3) is 0.333. The third kappa shape index (κ3) is 3.84. The summed E-state index contributed by atoms with van der Waals surface area (Å²) in [5.41, 5.74) is 5.73. The quantitative estimate of drug-likeness (QED) is 0.854. The molecule has 0 saturated carbocycles. The molecule has 0 heterocycles. The first-order valence-corrected chi connectivity index (χ1v) is 7.12. The summed E-state index contributed by atoms with van der Waals surface area (Å²) in [7, 11) is 0. The van der Waals surface area contributed by atoms with Crippen LogP contribution in [0.3, 0.4) is 0 Å². The van der Waals surface area contributed by atoms with Crippen LogP contribution in [0, 0.1) is 20.8 Å². The predicted octanol–water partition coefficient (Wildman–Crippen LogP) is 4.15. The zero-order valence-corrected chi connectivity index (χ0v) is 12.5. The Morgan fingerprint density at radius 2 is 1.75 bits per heavy atom. The van der Waals surface area contributed by atoms with Gasteiger partial charge in [-0.05, 0) is 56.0 Å². The Morgan fingerprint density at radius 1 is 1.00 bits per heavy atom. The van der Waals surface area contributed by atoms with Crippen LogP contribution < -0.4 is 5.32 Å². The number of aryl methyl sites for hydroxylation is 3. The van der Waals surface area contributed by atoms with Gasteiger partial charge < -0.3 is 10.4 Å². The van der Waals surface area contributed by atoms with Gasteiger partial charge in [-0.1, -0.05) is 35.9 Å². The molecule has 0 aliphatic carbocycles. The average molecular weight is 269 g/mol. The molecule has 2 N–H and O–H groups in total. The van der Waals surface area contributed by atoms with Gasteiger partial charge >= 0.3 is 0 Å². The number of hydrogen-bond acceptors (Lipinski definition) is 2. The minimum Gasteiger partial charge on any atom is -0.388 e. The Balaban J connectivity index is 1.92. The second kappa shape index (κ2) is 6.58. The summed E-state index contributed by atoms with van der Waals surface area (Å²) in [4.78, 5) is 0. The van der Waals surface area contributed by atoms with Crippen LogP contribution in [0.4, 0.5) is 5.69 Å². The van der Waals surface area contributed by atoms with Gasteiger partial charge in [-0.3, -0.25) is 0 Å². The van der Waals surface area contributed by atoms with Crippen LogP contribution in [0.25, 0.3) is 0 Å². The third-order valence-corrected chi connectivity index (χ3v) is 3.56. The molecular weight excluding hydrogens is 246 g/mol. The van der Waals surface area contributed by atoms with Crippen LogP contribution >= 0.6 is 0 Å². The highest BCUT2D eigenvalue weighted by Gasteiger charge is 2.10. The van der Waals surface area contributed by atoms with E-state index in [1.54, 1.807) is 0 Å². The molecule has 2 aromatic carbocycles. The first-order valence-electron chi connectivity index (χ1n) is 7.12. The molecule has 2 heteroatoms. The molecule has 0 aliphatic rings. The summed E-state index contributed by atoms with van der Waals surface area (Å²) in [6.07, 6.45) is 0.297. The molecule has 0 aromatic heterocycles. The molecule has 0 amide bonds. The van der Waals surface area contributed by atoms with E-state index in [0.717, 1.165) is 23.4 Å². The molecule has 0 radical (unpaired) electrons. The van der Waals surface area contributed by atoms with Gasteiger partial charge in [0.2, 0.25) is 0 Å². The molecule has 20 heavy (non-hydrogen) atoms. The molecule has 0 aliphatic heterocycles. The van der Waals surface area contributed by atoms with Crippen molar-refractivity contribution in [1.29, 1.82) is 0 Å². The summed E-state index contributed by atoms with van der Waals surface area (Å²) in [5, 5.41) is 13.7. The highest BCUT2D eigenvalue weighted by molar-refractivity contribution is 5.45. The van der Waals surface area contributed by atoms with Gasteiger partial charge in [-0.15, -0.1) is 0 Å². The van der Waals surface area contributed by atoms with Crippen LogP contribution in [-0.4, -0.2) is 11.7 Å². The van der Waals surface area contributed by atoms with Crippen molar-refractivity contribution in [1.82, 2.24) is 0 Å². The SMILES string of the molecule is Cc1cccc(NCCC(O)c2cc(C)ccc2C)c1. The van der Waals surface area contributed by atoms with Crippen molar-refractivity contribution in [2.24, 2.45) is 0 Å².